The van der Waals surface area contributed by atoms with Gasteiger partial charge in [0.05, 0.1) is 31.6 Å². The van der Waals surface area contributed by atoms with Gasteiger partial charge in [-0.3, -0.25) is 9.89 Å². The number of guanidine groups is 1. The van der Waals surface area contributed by atoms with Crippen LogP contribution >= 0.6 is 24.0 Å². The van der Waals surface area contributed by atoms with Crippen molar-refractivity contribution < 1.29 is 14.3 Å². The molecule has 1 saturated carbocycles. The second-order valence-corrected chi connectivity index (χ2v) is 8.82. The fraction of sp³-hybridized carbons (Fsp3) is 0.773. The van der Waals surface area contributed by atoms with Crippen molar-refractivity contribution in [1.29, 1.82) is 0 Å². The Bertz CT molecular complexity index is 618. The van der Waals surface area contributed by atoms with Crippen LogP contribution < -0.4 is 10.6 Å². The largest absolute Gasteiger partial charge is 0.469 e. The van der Waals surface area contributed by atoms with Crippen LogP contribution in [0.15, 0.2) is 27.8 Å². The Morgan fingerprint density at radius 3 is 2.77 bits per heavy atom. The van der Waals surface area contributed by atoms with Gasteiger partial charge in [0.2, 0.25) is 0 Å². The zero-order valence-electron chi connectivity index (χ0n) is 18.4. The van der Waals surface area contributed by atoms with Crippen LogP contribution in [0.5, 0.6) is 0 Å². The van der Waals surface area contributed by atoms with Crippen molar-refractivity contribution in [3.05, 3.63) is 24.2 Å². The second-order valence-electron chi connectivity index (χ2n) is 8.82. The second kappa shape index (κ2) is 12.9. The van der Waals surface area contributed by atoms with Gasteiger partial charge >= 0.3 is 0 Å². The minimum Gasteiger partial charge on any atom is -0.469 e. The van der Waals surface area contributed by atoms with Crippen molar-refractivity contribution in [1.82, 2.24) is 15.5 Å². The third-order valence-electron chi connectivity index (χ3n) is 5.92. The van der Waals surface area contributed by atoms with Gasteiger partial charge in [-0.1, -0.05) is 19.8 Å². The molecule has 2 heterocycles. The zero-order valence-corrected chi connectivity index (χ0v) is 20.8. The first kappa shape index (κ1) is 25.4. The number of furan rings is 1. The molecule has 0 spiro atoms. The molecule has 1 aromatic heterocycles. The molecule has 0 radical (unpaired) electrons. The van der Waals surface area contributed by atoms with E-state index < -0.39 is 5.60 Å². The number of aliphatic hydroxyl groups is 1. The summed E-state index contributed by atoms with van der Waals surface area (Å²) in [4.78, 5) is 7.01. The fourth-order valence-electron chi connectivity index (χ4n) is 4.16. The summed E-state index contributed by atoms with van der Waals surface area (Å²) in [5, 5.41) is 18.0. The van der Waals surface area contributed by atoms with Crippen LogP contribution in [-0.4, -0.2) is 73.5 Å². The maximum Gasteiger partial charge on any atom is 0.191 e. The maximum absolute atomic E-state index is 10.9. The normalized spacial score (nSPS) is 25.2. The summed E-state index contributed by atoms with van der Waals surface area (Å²) in [7, 11) is 0. The molecule has 7 nitrogen and oxygen atoms in total. The van der Waals surface area contributed by atoms with Crippen LogP contribution in [0.4, 0.5) is 0 Å². The van der Waals surface area contributed by atoms with Gasteiger partial charge in [0.15, 0.2) is 5.96 Å². The van der Waals surface area contributed by atoms with Gasteiger partial charge in [-0.05, 0) is 37.8 Å². The Morgan fingerprint density at radius 2 is 2.07 bits per heavy atom. The predicted molar refractivity (Wildman–Crippen MR) is 131 cm³/mol. The molecule has 172 valence electrons. The van der Waals surface area contributed by atoms with E-state index in [9.17, 15) is 5.11 Å². The minimum absolute atomic E-state index is 0. The highest BCUT2D eigenvalue weighted by Gasteiger charge is 2.26. The molecule has 30 heavy (non-hydrogen) atoms. The van der Waals surface area contributed by atoms with Crippen LogP contribution in [0, 0.1) is 5.92 Å². The molecule has 8 heteroatoms. The molecule has 0 bridgehead atoms. The van der Waals surface area contributed by atoms with E-state index in [0.29, 0.717) is 25.0 Å². The Kier molecular flexibility index (Phi) is 10.9. The summed E-state index contributed by atoms with van der Waals surface area (Å²) in [5.74, 6) is 2.38. The number of halogens is 1. The quantitative estimate of drug-likeness (QED) is 0.270. The Balaban J connectivity index is 0.00000320. The smallest absolute Gasteiger partial charge is 0.191 e. The molecule has 2 aliphatic rings. The standard InChI is InChI=1S/C22H38N4O3.HI/c1-18-6-3-4-8-20(18)25-21(23-10-9-19-7-5-13-29-19)24-16-22(2,27)17-26-11-14-28-15-12-26;/h5,7,13,18,20,27H,3-4,6,8-12,14-17H2,1-2H3,(H2,23,24,25);1H. The number of hydrogen-bond donors (Lipinski definition) is 3. The monoisotopic (exact) mass is 534 g/mol. The number of ether oxygens (including phenoxy) is 1. The van der Waals surface area contributed by atoms with Crippen LogP contribution in [0.1, 0.15) is 45.3 Å². The molecule has 3 unspecified atom stereocenters. The van der Waals surface area contributed by atoms with Crippen molar-refractivity contribution in [2.75, 3.05) is 45.9 Å². The number of nitrogens with one attached hydrogen (secondary N) is 2. The van der Waals surface area contributed by atoms with Crippen LogP contribution in [0.3, 0.4) is 0 Å². The summed E-state index contributed by atoms with van der Waals surface area (Å²) in [6.45, 7) is 9.10. The number of nitrogens with zero attached hydrogens (tertiary/aromatic N) is 2. The van der Waals surface area contributed by atoms with Gasteiger partial charge in [0, 0.05) is 38.6 Å². The molecular formula is C22H39IN4O3. The van der Waals surface area contributed by atoms with Gasteiger partial charge < -0.3 is 24.9 Å². The van der Waals surface area contributed by atoms with Gasteiger partial charge in [-0.2, -0.15) is 0 Å². The lowest BCUT2D eigenvalue weighted by Gasteiger charge is -2.34. The number of hydrogen-bond acceptors (Lipinski definition) is 5. The molecule has 1 saturated heterocycles. The van der Waals surface area contributed by atoms with E-state index in [0.717, 1.165) is 51.0 Å². The highest BCUT2D eigenvalue weighted by molar-refractivity contribution is 14.0. The molecule has 1 aliphatic heterocycles. The highest BCUT2D eigenvalue weighted by atomic mass is 127. The van der Waals surface area contributed by atoms with Crippen molar-refractivity contribution in [2.24, 2.45) is 10.9 Å². The van der Waals surface area contributed by atoms with Crippen molar-refractivity contribution in [3.8, 4) is 0 Å². The first-order chi connectivity index (χ1) is 14.0. The van der Waals surface area contributed by atoms with E-state index in [4.69, 9.17) is 14.1 Å². The van der Waals surface area contributed by atoms with E-state index >= 15 is 0 Å². The third-order valence-corrected chi connectivity index (χ3v) is 5.92. The topological polar surface area (TPSA) is 82.3 Å². The van der Waals surface area contributed by atoms with E-state index in [-0.39, 0.29) is 24.0 Å². The van der Waals surface area contributed by atoms with Gasteiger partial charge in [0.25, 0.3) is 0 Å². The molecular weight excluding hydrogens is 495 g/mol. The number of rotatable bonds is 8. The summed E-state index contributed by atoms with van der Waals surface area (Å²) in [5.41, 5.74) is -0.870. The SMILES string of the molecule is CC1CCCCC1NC(=NCC(C)(O)CN1CCOCC1)NCCc1ccco1.I. The summed E-state index contributed by atoms with van der Waals surface area (Å²) in [6, 6.07) is 4.33. The predicted octanol–water partition coefficient (Wildman–Crippen LogP) is 2.64. The highest BCUT2D eigenvalue weighted by Crippen LogP contribution is 2.23. The molecule has 3 atom stereocenters. The molecule has 1 aliphatic carbocycles. The minimum atomic E-state index is -0.870. The van der Waals surface area contributed by atoms with Crippen LogP contribution in [0.25, 0.3) is 0 Å². The average Bonchev–Trinajstić information content (AvgIpc) is 3.21. The van der Waals surface area contributed by atoms with Crippen LogP contribution in [0.2, 0.25) is 0 Å². The first-order valence-electron chi connectivity index (χ1n) is 11.1. The zero-order chi connectivity index (χ0) is 20.5. The Morgan fingerprint density at radius 1 is 1.30 bits per heavy atom. The lowest BCUT2D eigenvalue weighted by atomic mass is 9.86. The van der Waals surface area contributed by atoms with E-state index in [2.05, 4.69) is 22.5 Å². The lowest BCUT2D eigenvalue weighted by Crippen LogP contribution is -2.50. The van der Waals surface area contributed by atoms with E-state index in [1.165, 1.54) is 25.7 Å². The molecule has 2 fully saturated rings. The van der Waals surface area contributed by atoms with Crippen molar-refractivity contribution >= 4 is 29.9 Å². The first-order valence-corrected chi connectivity index (χ1v) is 11.1. The maximum atomic E-state index is 10.9. The Labute approximate surface area is 198 Å². The number of β-amino-alcohol motifs (C(OH)–C–C–N with tert-alkyl or cyclic N) is 1. The number of morpholine rings is 1. The van der Waals surface area contributed by atoms with E-state index in [1.54, 1.807) is 6.26 Å². The molecule has 1 aromatic rings. The fourth-order valence-corrected chi connectivity index (χ4v) is 4.16. The molecule has 0 amide bonds. The van der Waals surface area contributed by atoms with Crippen LogP contribution in [-0.2, 0) is 11.2 Å². The van der Waals surface area contributed by atoms with Gasteiger partial charge in [-0.25, -0.2) is 0 Å². The van der Waals surface area contributed by atoms with E-state index in [1.807, 2.05) is 19.1 Å². The average molecular weight is 534 g/mol. The Hall–Kier alpha value is -0.840. The molecule has 3 rings (SSSR count). The van der Waals surface area contributed by atoms with Crippen molar-refractivity contribution in [3.63, 3.8) is 0 Å². The van der Waals surface area contributed by atoms with Crippen molar-refractivity contribution in [2.45, 2.75) is 57.6 Å². The number of aliphatic imine (C=N–C) groups is 1. The van der Waals surface area contributed by atoms with Gasteiger partial charge in [0.1, 0.15) is 5.76 Å². The summed E-state index contributed by atoms with van der Waals surface area (Å²) >= 11 is 0. The van der Waals surface area contributed by atoms with Gasteiger partial charge in [-0.15, -0.1) is 24.0 Å². The summed E-state index contributed by atoms with van der Waals surface area (Å²) in [6.07, 6.45) is 7.51. The summed E-state index contributed by atoms with van der Waals surface area (Å²) < 4.78 is 10.8. The molecule has 3 N–H and O–H groups in total. The third kappa shape index (κ3) is 8.72. The molecule has 0 aromatic carbocycles. The lowest BCUT2D eigenvalue weighted by molar-refractivity contribution is -0.0180.